The smallest absolute Gasteiger partial charge is 0.275 e. The van der Waals surface area contributed by atoms with Crippen LogP contribution in [-0.2, 0) is 14.4 Å². The zero-order valence-electron chi connectivity index (χ0n) is 17.3. The van der Waals surface area contributed by atoms with E-state index in [1.807, 2.05) is 26.0 Å². The van der Waals surface area contributed by atoms with Crippen LogP contribution in [0.2, 0.25) is 0 Å². The summed E-state index contributed by atoms with van der Waals surface area (Å²) in [6, 6.07) is 6.13. The number of aromatic nitrogens is 1. The number of hydroxylamine groups is 1. The van der Waals surface area contributed by atoms with Crippen LogP contribution < -0.4 is 15.6 Å². The SMILES string of the molecule is CCC(NC(C)=O)C(=O)N1CCCC1C(=O)NOc1ccc(-c2scnc2C)cc1. The van der Waals surface area contributed by atoms with Crippen LogP contribution in [0.4, 0.5) is 0 Å². The van der Waals surface area contributed by atoms with Crippen LogP contribution in [0.25, 0.3) is 10.4 Å². The molecule has 0 spiro atoms. The molecule has 3 amide bonds. The summed E-state index contributed by atoms with van der Waals surface area (Å²) in [5, 5.41) is 2.65. The molecule has 1 aromatic carbocycles. The summed E-state index contributed by atoms with van der Waals surface area (Å²) >= 11 is 1.57. The molecule has 2 heterocycles. The molecule has 1 fully saturated rings. The summed E-state index contributed by atoms with van der Waals surface area (Å²) in [6.07, 6.45) is 1.75. The Labute approximate surface area is 179 Å². The maximum Gasteiger partial charge on any atom is 0.275 e. The Morgan fingerprint density at radius 1 is 1.30 bits per heavy atom. The van der Waals surface area contributed by atoms with Gasteiger partial charge in [-0.2, -0.15) is 5.48 Å². The summed E-state index contributed by atoms with van der Waals surface area (Å²) < 4.78 is 0. The van der Waals surface area contributed by atoms with Crippen LogP contribution in [0.5, 0.6) is 5.75 Å². The number of benzene rings is 1. The lowest BCUT2D eigenvalue weighted by molar-refractivity contribution is -0.143. The molecule has 2 atom stereocenters. The lowest BCUT2D eigenvalue weighted by Gasteiger charge is -2.27. The second kappa shape index (κ2) is 9.71. The van der Waals surface area contributed by atoms with Gasteiger partial charge in [0.2, 0.25) is 11.8 Å². The number of nitrogens with zero attached hydrogens (tertiary/aromatic N) is 2. The summed E-state index contributed by atoms with van der Waals surface area (Å²) in [6.45, 7) is 5.64. The Kier molecular flexibility index (Phi) is 7.04. The van der Waals surface area contributed by atoms with Gasteiger partial charge in [0.25, 0.3) is 5.91 Å². The minimum absolute atomic E-state index is 0.241. The van der Waals surface area contributed by atoms with E-state index in [2.05, 4.69) is 15.8 Å². The predicted octanol–water partition coefficient (Wildman–Crippen LogP) is 2.43. The van der Waals surface area contributed by atoms with Gasteiger partial charge in [0.1, 0.15) is 12.1 Å². The van der Waals surface area contributed by atoms with E-state index in [1.54, 1.807) is 29.0 Å². The average molecular weight is 431 g/mol. The fraction of sp³-hybridized carbons (Fsp3) is 0.429. The lowest BCUT2D eigenvalue weighted by Crippen LogP contribution is -2.53. The largest absolute Gasteiger partial charge is 0.379 e. The maximum absolute atomic E-state index is 12.8. The van der Waals surface area contributed by atoms with Crippen molar-refractivity contribution in [1.29, 1.82) is 0 Å². The number of likely N-dealkylation sites (tertiary alicyclic amines) is 1. The van der Waals surface area contributed by atoms with Gasteiger partial charge in [-0.15, -0.1) is 11.3 Å². The van der Waals surface area contributed by atoms with E-state index in [-0.39, 0.29) is 17.7 Å². The Hall–Kier alpha value is -2.94. The number of nitrogens with one attached hydrogen (secondary N) is 2. The Morgan fingerprint density at radius 3 is 2.63 bits per heavy atom. The molecule has 1 aliphatic heterocycles. The molecule has 0 bridgehead atoms. The minimum atomic E-state index is -0.625. The van der Waals surface area contributed by atoms with Crippen molar-refractivity contribution in [2.75, 3.05) is 6.54 Å². The Bertz CT molecular complexity index is 912. The van der Waals surface area contributed by atoms with Crippen molar-refractivity contribution in [3.63, 3.8) is 0 Å². The lowest BCUT2D eigenvalue weighted by atomic mass is 10.1. The molecule has 0 saturated carbocycles. The average Bonchev–Trinajstić information content (AvgIpc) is 3.39. The van der Waals surface area contributed by atoms with E-state index in [0.717, 1.165) is 22.6 Å². The van der Waals surface area contributed by atoms with Crippen LogP contribution in [-0.4, -0.2) is 46.2 Å². The van der Waals surface area contributed by atoms with Crippen LogP contribution in [0.3, 0.4) is 0 Å². The molecule has 0 aliphatic carbocycles. The molecule has 160 valence electrons. The topological polar surface area (TPSA) is 101 Å². The van der Waals surface area contributed by atoms with Gasteiger partial charge >= 0.3 is 0 Å². The zero-order chi connectivity index (χ0) is 21.7. The fourth-order valence-electron chi connectivity index (χ4n) is 3.52. The fourth-order valence-corrected chi connectivity index (χ4v) is 4.33. The van der Waals surface area contributed by atoms with Crippen molar-refractivity contribution in [3.8, 4) is 16.2 Å². The normalized spacial score (nSPS) is 16.8. The van der Waals surface area contributed by atoms with E-state index < -0.39 is 12.1 Å². The third kappa shape index (κ3) is 4.96. The molecule has 1 saturated heterocycles. The van der Waals surface area contributed by atoms with Crippen molar-refractivity contribution >= 4 is 29.1 Å². The molecule has 9 heteroatoms. The van der Waals surface area contributed by atoms with Gasteiger partial charge in [-0.3, -0.25) is 14.4 Å². The Morgan fingerprint density at radius 2 is 2.03 bits per heavy atom. The van der Waals surface area contributed by atoms with E-state index in [1.165, 1.54) is 11.8 Å². The molecule has 30 heavy (non-hydrogen) atoms. The van der Waals surface area contributed by atoms with Gasteiger partial charge in [0.05, 0.1) is 16.1 Å². The summed E-state index contributed by atoms with van der Waals surface area (Å²) in [5.74, 6) is -0.388. The van der Waals surface area contributed by atoms with E-state index in [4.69, 9.17) is 4.84 Å². The summed E-state index contributed by atoms with van der Waals surface area (Å²) in [7, 11) is 0. The van der Waals surface area contributed by atoms with Crippen molar-refractivity contribution in [2.24, 2.45) is 0 Å². The number of hydrogen-bond acceptors (Lipinski definition) is 6. The van der Waals surface area contributed by atoms with E-state index >= 15 is 0 Å². The summed E-state index contributed by atoms with van der Waals surface area (Å²) in [4.78, 5) is 49.1. The number of carbonyl (C=O) groups is 3. The third-order valence-electron chi connectivity index (χ3n) is 5.05. The van der Waals surface area contributed by atoms with Gasteiger partial charge in [0.15, 0.2) is 5.75 Å². The van der Waals surface area contributed by atoms with Gasteiger partial charge in [-0.1, -0.05) is 6.92 Å². The number of amides is 3. The monoisotopic (exact) mass is 430 g/mol. The van der Waals surface area contributed by atoms with Gasteiger partial charge in [-0.25, -0.2) is 4.98 Å². The van der Waals surface area contributed by atoms with Crippen molar-refractivity contribution in [3.05, 3.63) is 35.5 Å². The van der Waals surface area contributed by atoms with Crippen LogP contribution in [0, 0.1) is 6.92 Å². The van der Waals surface area contributed by atoms with Crippen LogP contribution >= 0.6 is 11.3 Å². The van der Waals surface area contributed by atoms with Crippen LogP contribution in [0.15, 0.2) is 29.8 Å². The second-order valence-corrected chi connectivity index (χ2v) is 8.07. The number of thiazole rings is 1. The maximum atomic E-state index is 12.8. The van der Waals surface area contributed by atoms with Crippen LogP contribution in [0.1, 0.15) is 38.8 Å². The second-order valence-electron chi connectivity index (χ2n) is 7.21. The third-order valence-corrected chi connectivity index (χ3v) is 6.03. The highest BCUT2D eigenvalue weighted by molar-refractivity contribution is 7.13. The number of aryl methyl sites for hydroxylation is 1. The highest BCUT2D eigenvalue weighted by Crippen LogP contribution is 2.28. The number of rotatable bonds is 7. The molecular weight excluding hydrogens is 404 g/mol. The standard InChI is InChI=1S/C21H26N4O4S/c1-4-17(23-14(3)26)21(28)25-11-5-6-18(25)20(27)24-29-16-9-7-15(8-10-16)19-13(2)22-12-30-19/h7-10,12,17-18H,4-6,11H2,1-3H3,(H,23,26)(H,24,27). The van der Waals surface area contributed by atoms with E-state index in [0.29, 0.717) is 25.1 Å². The first kappa shape index (κ1) is 21.8. The number of hydrogen-bond donors (Lipinski definition) is 2. The molecule has 2 N–H and O–H groups in total. The molecule has 3 rings (SSSR count). The Balaban J connectivity index is 1.59. The van der Waals surface area contributed by atoms with Crippen molar-refractivity contribution in [2.45, 2.75) is 52.1 Å². The highest BCUT2D eigenvalue weighted by Gasteiger charge is 2.37. The number of carbonyl (C=O) groups excluding carboxylic acids is 3. The molecule has 2 unspecified atom stereocenters. The predicted molar refractivity (Wildman–Crippen MR) is 114 cm³/mol. The highest BCUT2D eigenvalue weighted by atomic mass is 32.1. The van der Waals surface area contributed by atoms with E-state index in [9.17, 15) is 14.4 Å². The molecule has 8 nitrogen and oxygen atoms in total. The molecule has 0 radical (unpaired) electrons. The first-order valence-electron chi connectivity index (χ1n) is 9.95. The van der Waals surface area contributed by atoms with Gasteiger partial charge in [0, 0.05) is 13.5 Å². The molecule has 1 aliphatic rings. The van der Waals surface area contributed by atoms with Gasteiger partial charge in [-0.05, 0) is 56.0 Å². The van der Waals surface area contributed by atoms with Gasteiger partial charge < -0.3 is 15.1 Å². The van der Waals surface area contributed by atoms with Crippen molar-refractivity contribution < 1.29 is 19.2 Å². The van der Waals surface area contributed by atoms with Crippen molar-refractivity contribution in [1.82, 2.24) is 20.7 Å². The minimum Gasteiger partial charge on any atom is -0.379 e. The molecular formula is C21H26N4O4S. The zero-order valence-corrected chi connectivity index (χ0v) is 18.1. The molecule has 1 aromatic heterocycles. The molecule has 2 aromatic rings. The summed E-state index contributed by atoms with van der Waals surface area (Å²) in [5.41, 5.74) is 6.27. The first-order valence-corrected chi connectivity index (χ1v) is 10.8. The first-order chi connectivity index (χ1) is 14.4. The quantitative estimate of drug-likeness (QED) is 0.657.